The van der Waals surface area contributed by atoms with Crippen LogP contribution in [0.15, 0.2) is 23.2 Å². The molecule has 0 saturated carbocycles. The van der Waals surface area contributed by atoms with Gasteiger partial charge in [0.2, 0.25) is 0 Å². The van der Waals surface area contributed by atoms with Crippen molar-refractivity contribution in [1.82, 2.24) is 14.8 Å². The van der Waals surface area contributed by atoms with E-state index in [1.165, 1.54) is 16.8 Å². The molecule has 0 aliphatic carbocycles. The van der Waals surface area contributed by atoms with Crippen LogP contribution in [0.2, 0.25) is 0 Å². The molecule has 1 amide bonds. The molecule has 0 radical (unpaired) electrons. The second-order valence-electron chi connectivity index (χ2n) is 4.67. The van der Waals surface area contributed by atoms with Gasteiger partial charge in [-0.3, -0.25) is 14.6 Å². The van der Waals surface area contributed by atoms with Gasteiger partial charge in [0.25, 0.3) is 15.9 Å². The minimum Gasteiger partial charge on any atom is -0.364 e. The van der Waals surface area contributed by atoms with Crippen LogP contribution in [0.4, 0.5) is 5.82 Å². The average molecular weight is 311 g/mol. The monoisotopic (exact) mass is 311 g/mol. The molecule has 9 heteroatoms. The first-order chi connectivity index (χ1) is 9.83. The highest BCUT2D eigenvalue weighted by Crippen LogP contribution is 2.17. The summed E-state index contributed by atoms with van der Waals surface area (Å²) in [5, 5.41) is 6.66. The van der Waals surface area contributed by atoms with Gasteiger partial charge in [0.1, 0.15) is 10.6 Å². The lowest BCUT2D eigenvalue weighted by Crippen LogP contribution is -2.14. The summed E-state index contributed by atoms with van der Waals surface area (Å²) in [6.45, 7) is 2.01. The van der Waals surface area contributed by atoms with Crippen LogP contribution in [0.5, 0.6) is 0 Å². The number of nitrogens with zero attached hydrogens (tertiary/aromatic N) is 2. The lowest BCUT2D eigenvalue weighted by Gasteiger charge is -2.01. The van der Waals surface area contributed by atoms with Gasteiger partial charge in [-0.15, -0.1) is 0 Å². The van der Waals surface area contributed by atoms with Crippen molar-refractivity contribution in [3.8, 4) is 0 Å². The summed E-state index contributed by atoms with van der Waals surface area (Å²) in [7, 11) is -2.26. The molecule has 0 saturated heterocycles. The SMILES string of the molecule is CCCc1cc(NS(=O)(=O)c2cc(C(N)=O)n(C)c2)n[nH]1. The molecule has 4 N–H and O–H groups in total. The zero-order valence-electron chi connectivity index (χ0n) is 11.8. The van der Waals surface area contributed by atoms with Gasteiger partial charge < -0.3 is 10.3 Å². The molecular weight excluding hydrogens is 294 g/mol. The first-order valence-corrected chi connectivity index (χ1v) is 7.85. The molecule has 21 heavy (non-hydrogen) atoms. The Labute approximate surface area is 122 Å². The number of sulfonamides is 1. The molecule has 0 aliphatic rings. The predicted molar refractivity (Wildman–Crippen MR) is 77.3 cm³/mol. The minimum atomic E-state index is -3.81. The number of hydrogen-bond acceptors (Lipinski definition) is 4. The van der Waals surface area contributed by atoms with Crippen molar-refractivity contribution in [3.63, 3.8) is 0 Å². The Morgan fingerprint density at radius 3 is 2.76 bits per heavy atom. The lowest BCUT2D eigenvalue weighted by molar-refractivity contribution is 0.0992. The van der Waals surface area contributed by atoms with Crippen LogP contribution in [0.3, 0.4) is 0 Å². The van der Waals surface area contributed by atoms with E-state index in [1.54, 1.807) is 13.1 Å². The van der Waals surface area contributed by atoms with Crippen molar-refractivity contribution in [2.75, 3.05) is 4.72 Å². The highest BCUT2D eigenvalue weighted by molar-refractivity contribution is 7.92. The molecule has 114 valence electrons. The number of rotatable bonds is 6. The van der Waals surface area contributed by atoms with E-state index in [-0.39, 0.29) is 16.4 Å². The van der Waals surface area contributed by atoms with Crippen LogP contribution in [0.1, 0.15) is 29.5 Å². The normalized spacial score (nSPS) is 11.5. The highest BCUT2D eigenvalue weighted by Gasteiger charge is 2.20. The Morgan fingerprint density at radius 2 is 2.19 bits per heavy atom. The summed E-state index contributed by atoms with van der Waals surface area (Å²) in [5.41, 5.74) is 6.13. The molecule has 0 fully saturated rings. The third-order valence-corrected chi connectivity index (χ3v) is 4.25. The number of aromatic nitrogens is 3. The van der Waals surface area contributed by atoms with Crippen LogP contribution in [-0.4, -0.2) is 29.1 Å². The zero-order chi connectivity index (χ0) is 15.6. The van der Waals surface area contributed by atoms with Gasteiger partial charge in [-0.25, -0.2) is 8.42 Å². The first-order valence-electron chi connectivity index (χ1n) is 6.36. The van der Waals surface area contributed by atoms with Crippen molar-refractivity contribution in [2.24, 2.45) is 12.8 Å². The summed E-state index contributed by atoms with van der Waals surface area (Å²) >= 11 is 0. The number of nitrogens with two attached hydrogens (primary N) is 1. The summed E-state index contributed by atoms with van der Waals surface area (Å²) in [5.74, 6) is -0.480. The number of carbonyl (C=O) groups is 1. The first kappa shape index (κ1) is 15.1. The fraction of sp³-hybridized carbons (Fsp3) is 0.333. The quantitative estimate of drug-likeness (QED) is 0.722. The molecule has 0 unspecified atom stereocenters. The Hall–Kier alpha value is -2.29. The van der Waals surface area contributed by atoms with Gasteiger partial charge in [-0.2, -0.15) is 5.10 Å². The van der Waals surface area contributed by atoms with Crippen molar-refractivity contribution in [3.05, 3.63) is 29.7 Å². The number of H-pyrrole nitrogens is 1. The van der Waals surface area contributed by atoms with E-state index in [9.17, 15) is 13.2 Å². The smallest absolute Gasteiger partial charge is 0.265 e. The van der Waals surface area contributed by atoms with E-state index in [4.69, 9.17) is 5.73 Å². The predicted octanol–water partition coefficient (Wildman–Crippen LogP) is 0.600. The van der Waals surface area contributed by atoms with Gasteiger partial charge in [-0.1, -0.05) is 13.3 Å². The number of nitrogens with one attached hydrogen (secondary N) is 2. The number of carbonyl (C=O) groups excluding carboxylic acids is 1. The number of aromatic amines is 1. The third-order valence-electron chi connectivity index (χ3n) is 2.93. The molecular formula is C12H17N5O3S. The maximum absolute atomic E-state index is 12.2. The second kappa shape index (κ2) is 5.60. The van der Waals surface area contributed by atoms with Gasteiger partial charge in [0, 0.05) is 25.0 Å². The summed E-state index contributed by atoms with van der Waals surface area (Å²) in [6, 6.07) is 2.86. The Kier molecular flexibility index (Phi) is 4.03. The molecule has 0 atom stereocenters. The molecule has 0 aromatic carbocycles. The van der Waals surface area contributed by atoms with Crippen LogP contribution in [-0.2, 0) is 23.5 Å². The summed E-state index contributed by atoms with van der Waals surface area (Å²) in [4.78, 5) is 11.1. The molecule has 2 aromatic rings. The van der Waals surface area contributed by atoms with E-state index in [0.29, 0.717) is 0 Å². The van der Waals surface area contributed by atoms with Gasteiger partial charge >= 0.3 is 0 Å². The van der Waals surface area contributed by atoms with Crippen molar-refractivity contribution in [2.45, 2.75) is 24.7 Å². The van der Waals surface area contributed by atoms with Gasteiger partial charge in [0.15, 0.2) is 5.82 Å². The number of aryl methyl sites for hydroxylation is 2. The average Bonchev–Trinajstić information content (AvgIpc) is 2.96. The molecule has 8 nitrogen and oxygen atoms in total. The molecule has 0 spiro atoms. The number of anilines is 1. The standard InChI is InChI=1S/C12H17N5O3S/c1-3-4-8-5-11(15-14-8)16-21(19,20)9-6-10(12(13)18)17(2)7-9/h5-7H,3-4H2,1-2H3,(H2,13,18)(H2,14,15,16). The fourth-order valence-corrected chi connectivity index (χ4v) is 3.00. The maximum atomic E-state index is 12.2. The van der Waals surface area contributed by atoms with Crippen molar-refractivity contribution in [1.29, 1.82) is 0 Å². The van der Waals surface area contributed by atoms with E-state index < -0.39 is 15.9 Å². The maximum Gasteiger partial charge on any atom is 0.265 e. The fourth-order valence-electron chi connectivity index (χ4n) is 1.93. The molecule has 2 rings (SSSR count). The number of amides is 1. The summed E-state index contributed by atoms with van der Waals surface area (Å²) in [6.07, 6.45) is 3.03. The van der Waals surface area contributed by atoms with Crippen LogP contribution >= 0.6 is 0 Å². The molecule has 0 bridgehead atoms. The number of primary amides is 1. The van der Waals surface area contributed by atoms with E-state index in [0.717, 1.165) is 18.5 Å². The van der Waals surface area contributed by atoms with E-state index >= 15 is 0 Å². The van der Waals surface area contributed by atoms with Gasteiger partial charge in [0.05, 0.1) is 0 Å². The number of hydrogen-bond donors (Lipinski definition) is 3. The molecule has 2 aromatic heterocycles. The van der Waals surface area contributed by atoms with E-state index in [1.807, 2.05) is 6.92 Å². The summed E-state index contributed by atoms with van der Waals surface area (Å²) < 4.78 is 28.2. The second-order valence-corrected chi connectivity index (χ2v) is 6.35. The molecule has 0 aliphatic heterocycles. The van der Waals surface area contributed by atoms with Crippen LogP contribution in [0.25, 0.3) is 0 Å². The van der Waals surface area contributed by atoms with Crippen LogP contribution < -0.4 is 10.5 Å². The Bertz CT molecular complexity index is 760. The largest absolute Gasteiger partial charge is 0.364 e. The van der Waals surface area contributed by atoms with Crippen LogP contribution in [0, 0.1) is 0 Å². The minimum absolute atomic E-state index is 0.0427. The lowest BCUT2D eigenvalue weighted by atomic mass is 10.2. The Balaban J connectivity index is 2.25. The molecule has 2 heterocycles. The zero-order valence-corrected chi connectivity index (χ0v) is 12.6. The highest BCUT2D eigenvalue weighted by atomic mass is 32.2. The topological polar surface area (TPSA) is 123 Å². The van der Waals surface area contributed by atoms with Crippen molar-refractivity contribution >= 4 is 21.7 Å². The van der Waals surface area contributed by atoms with Crippen molar-refractivity contribution < 1.29 is 13.2 Å². The van der Waals surface area contributed by atoms with E-state index in [2.05, 4.69) is 14.9 Å². The van der Waals surface area contributed by atoms with Gasteiger partial charge in [-0.05, 0) is 12.5 Å². The third kappa shape index (κ3) is 3.24. The Morgan fingerprint density at radius 1 is 1.48 bits per heavy atom.